The van der Waals surface area contributed by atoms with Crippen molar-refractivity contribution in [1.29, 1.82) is 0 Å². The van der Waals surface area contributed by atoms with Crippen molar-refractivity contribution in [3.05, 3.63) is 47.0 Å². The van der Waals surface area contributed by atoms with Gasteiger partial charge in [0, 0.05) is 17.4 Å². The normalized spacial score (nSPS) is 11.3. The van der Waals surface area contributed by atoms with Crippen LogP contribution >= 0.6 is 8.20 Å². The molecule has 0 radical (unpaired) electrons. The molecule has 0 atom stereocenters. The molecule has 0 saturated carbocycles. The molecule has 2 rings (SSSR count). The highest BCUT2D eigenvalue weighted by atomic mass is 31.1. The van der Waals surface area contributed by atoms with E-state index in [4.69, 9.17) is 14.2 Å². The molecule has 0 unspecified atom stereocenters. The van der Waals surface area contributed by atoms with Crippen molar-refractivity contribution in [1.82, 2.24) is 0 Å². The van der Waals surface area contributed by atoms with Crippen LogP contribution in [0.25, 0.3) is 0 Å². The van der Waals surface area contributed by atoms with Gasteiger partial charge in [-0.2, -0.15) is 0 Å². The summed E-state index contributed by atoms with van der Waals surface area (Å²) in [5.74, 6) is 1.48. The van der Waals surface area contributed by atoms with E-state index in [0.717, 1.165) is 16.4 Å². The maximum absolute atomic E-state index is 12.9. The molecule has 2 aromatic carbocycles. The van der Waals surface area contributed by atoms with E-state index in [1.807, 2.05) is 32.0 Å². The topological polar surface area (TPSA) is 50.8 Å². The standard InChI is InChI=1S/C18H21O4P/c1-11-7-6-8-12(2)17(11)23-18(19)16-14(21-4)9-13(20-3)10-15(16)22-5/h6-10,19H,1-5H3/p-1. The van der Waals surface area contributed by atoms with Crippen LogP contribution in [-0.4, -0.2) is 26.8 Å². The molecular formula is C18H20O4P-. The minimum Gasteiger partial charge on any atom is -0.823 e. The molecule has 4 nitrogen and oxygen atoms in total. The van der Waals surface area contributed by atoms with Crippen LogP contribution in [0.1, 0.15) is 16.7 Å². The lowest BCUT2D eigenvalue weighted by molar-refractivity contribution is -0.207. The van der Waals surface area contributed by atoms with Crippen LogP contribution in [0, 0.1) is 13.8 Å². The van der Waals surface area contributed by atoms with E-state index in [9.17, 15) is 5.11 Å². The van der Waals surface area contributed by atoms with Gasteiger partial charge in [0.2, 0.25) is 0 Å². The number of rotatable bonds is 5. The van der Waals surface area contributed by atoms with Crippen molar-refractivity contribution in [3.8, 4) is 17.2 Å². The van der Waals surface area contributed by atoms with Gasteiger partial charge >= 0.3 is 0 Å². The summed E-state index contributed by atoms with van der Waals surface area (Å²) in [5, 5.41) is 13.9. The number of aryl methyl sites for hydroxylation is 2. The van der Waals surface area contributed by atoms with E-state index in [2.05, 4.69) is 0 Å². The molecule has 2 aromatic rings. The van der Waals surface area contributed by atoms with Crippen LogP contribution in [0.4, 0.5) is 0 Å². The summed E-state index contributed by atoms with van der Waals surface area (Å²) < 4.78 is 15.9. The fraction of sp³-hybridized carbons (Fsp3) is 0.278. The van der Waals surface area contributed by atoms with Crippen LogP contribution in [0.15, 0.2) is 30.3 Å². The van der Waals surface area contributed by atoms with E-state index in [1.165, 1.54) is 14.2 Å². The molecule has 0 saturated heterocycles. The molecule has 5 heteroatoms. The van der Waals surface area contributed by atoms with Gasteiger partial charge in [0.05, 0.1) is 26.9 Å². The smallest absolute Gasteiger partial charge is 0.132 e. The molecule has 0 N–H and O–H groups in total. The monoisotopic (exact) mass is 331 g/mol. The fourth-order valence-electron chi connectivity index (χ4n) is 2.36. The average molecular weight is 331 g/mol. The van der Waals surface area contributed by atoms with Gasteiger partial charge < -0.3 is 19.3 Å². The quantitative estimate of drug-likeness (QED) is 0.790. The summed E-state index contributed by atoms with van der Waals surface area (Å²) in [7, 11) is 5.21. The van der Waals surface area contributed by atoms with Crippen molar-refractivity contribution >= 4 is 19.0 Å². The third-order valence-corrected chi connectivity index (χ3v) is 4.94. The van der Waals surface area contributed by atoms with Crippen molar-refractivity contribution < 1.29 is 19.3 Å². The molecule has 0 aliphatic rings. The van der Waals surface area contributed by atoms with E-state index in [0.29, 0.717) is 31.0 Å². The third-order valence-electron chi connectivity index (χ3n) is 3.58. The Morgan fingerprint density at radius 2 is 1.43 bits per heavy atom. The van der Waals surface area contributed by atoms with Crippen LogP contribution in [0.3, 0.4) is 0 Å². The lowest BCUT2D eigenvalue weighted by Crippen LogP contribution is -2.21. The second kappa shape index (κ2) is 7.49. The minimum absolute atomic E-state index is 0.0706. The molecule has 0 heterocycles. The van der Waals surface area contributed by atoms with Crippen LogP contribution < -0.4 is 24.6 Å². The molecule has 0 fully saturated rings. The Hall–Kier alpha value is -2.03. The zero-order chi connectivity index (χ0) is 17.0. The summed E-state index contributed by atoms with van der Waals surface area (Å²) in [5.41, 5.74) is 2.54. The molecule has 0 amide bonds. The lowest BCUT2D eigenvalue weighted by atomic mass is 10.1. The van der Waals surface area contributed by atoms with E-state index in [1.54, 1.807) is 19.2 Å². The second-order valence-electron chi connectivity index (χ2n) is 5.06. The highest BCUT2D eigenvalue weighted by Crippen LogP contribution is 2.34. The second-order valence-corrected chi connectivity index (χ2v) is 6.14. The third kappa shape index (κ3) is 3.66. The molecule has 0 aliphatic carbocycles. The van der Waals surface area contributed by atoms with Crippen molar-refractivity contribution in [2.75, 3.05) is 21.3 Å². The van der Waals surface area contributed by atoms with Gasteiger partial charge in [-0.15, -0.1) is 0 Å². The Morgan fingerprint density at radius 3 is 1.87 bits per heavy atom. The summed E-state index contributed by atoms with van der Waals surface area (Å²) >= 11 is 0. The fourth-order valence-corrected chi connectivity index (χ4v) is 3.39. The predicted molar refractivity (Wildman–Crippen MR) is 92.7 cm³/mol. The largest absolute Gasteiger partial charge is 0.823 e. The van der Waals surface area contributed by atoms with E-state index < -0.39 is 0 Å². The molecular weight excluding hydrogens is 311 g/mol. The predicted octanol–water partition coefficient (Wildman–Crippen LogP) is 2.44. The molecule has 0 aliphatic heterocycles. The lowest BCUT2D eigenvalue weighted by Gasteiger charge is -2.21. The first kappa shape index (κ1) is 17.3. The summed E-state index contributed by atoms with van der Waals surface area (Å²) in [4.78, 5) is 0. The van der Waals surface area contributed by atoms with E-state index >= 15 is 0 Å². The average Bonchev–Trinajstić information content (AvgIpc) is 2.56. The zero-order valence-electron chi connectivity index (χ0n) is 14.0. The Morgan fingerprint density at radius 1 is 0.913 bits per heavy atom. The summed E-state index contributed by atoms with van der Waals surface area (Å²) in [6, 6.07) is 9.38. The Kier molecular flexibility index (Phi) is 5.64. The first-order chi connectivity index (χ1) is 11.0. The van der Waals surface area contributed by atoms with Gasteiger partial charge in [0.15, 0.2) is 0 Å². The highest BCUT2D eigenvalue weighted by molar-refractivity contribution is 7.49. The molecule has 0 aromatic heterocycles. The number of ether oxygens (including phenoxy) is 3. The van der Waals surface area contributed by atoms with Crippen molar-refractivity contribution in [3.63, 3.8) is 0 Å². The van der Waals surface area contributed by atoms with E-state index in [-0.39, 0.29) is 5.48 Å². The number of methoxy groups -OCH3 is 3. The Balaban J connectivity index is 2.62. The SMILES string of the molecule is COc1cc(OC)c(C([O-])=Pc2c(C)cccc2C)c(OC)c1. The Labute approximate surface area is 138 Å². The van der Waals surface area contributed by atoms with Gasteiger partial charge in [-0.05, 0) is 25.0 Å². The van der Waals surface area contributed by atoms with Gasteiger partial charge in [-0.3, -0.25) is 0 Å². The minimum atomic E-state index is -0.0706. The highest BCUT2D eigenvalue weighted by Gasteiger charge is 2.13. The number of hydrogen-bond donors (Lipinski definition) is 0. The Bertz CT molecular complexity index is 693. The molecule has 0 bridgehead atoms. The van der Waals surface area contributed by atoms with Crippen LogP contribution in [0.2, 0.25) is 0 Å². The van der Waals surface area contributed by atoms with Gasteiger partial charge in [-0.1, -0.05) is 31.9 Å². The van der Waals surface area contributed by atoms with Crippen LogP contribution in [0.5, 0.6) is 17.2 Å². The molecule has 122 valence electrons. The maximum atomic E-state index is 12.9. The molecule has 23 heavy (non-hydrogen) atoms. The molecule has 0 spiro atoms. The van der Waals surface area contributed by atoms with Gasteiger partial charge in [-0.25, -0.2) is 0 Å². The van der Waals surface area contributed by atoms with Crippen molar-refractivity contribution in [2.24, 2.45) is 0 Å². The number of hydrogen-bond acceptors (Lipinski definition) is 4. The first-order valence-corrected chi connectivity index (χ1v) is 8.03. The van der Waals surface area contributed by atoms with Gasteiger partial charge in [0.25, 0.3) is 0 Å². The van der Waals surface area contributed by atoms with Crippen LogP contribution in [-0.2, 0) is 0 Å². The first-order valence-electron chi connectivity index (χ1n) is 7.14. The zero-order valence-corrected chi connectivity index (χ0v) is 14.9. The summed E-state index contributed by atoms with van der Waals surface area (Å²) in [6.45, 7) is 4.01. The summed E-state index contributed by atoms with van der Waals surface area (Å²) in [6.07, 6.45) is 0. The van der Waals surface area contributed by atoms with Crippen molar-refractivity contribution in [2.45, 2.75) is 13.8 Å². The maximum Gasteiger partial charge on any atom is 0.132 e. The number of benzene rings is 2. The van der Waals surface area contributed by atoms with Gasteiger partial charge in [0.1, 0.15) is 17.2 Å².